The Labute approximate surface area is 208 Å². The van der Waals surface area contributed by atoms with E-state index in [1.807, 2.05) is 77.2 Å². The Balaban J connectivity index is 0.000000590. The molecule has 7 heteroatoms. The number of carbonyl (C=O) groups is 2. The molecule has 3 aromatic rings. The molecule has 1 aliphatic carbocycles. The van der Waals surface area contributed by atoms with Gasteiger partial charge in [-0.1, -0.05) is 43.7 Å². The van der Waals surface area contributed by atoms with Crippen LogP contribution in [0.3, 0.4) is 0 Å². The quantitative estimate of drug-likeness (QED) is 0.393. The highest BCUT2D eigenvalue weighted by atomic mass is 32.1. The molecule has 1 aliphatic rings. The first-order chi connectivity index (χ1) is 16.4. The standard InChI is InChI=1S/C16H17NO2.C4H6N2S.C4H6.C2H6.CH2O/c1-11-4-7-14(8-5-11)17-16(18)13-6-9-15(19-3)12(2)10-13;1-5-4-6-2-3-7-4;1-4-2-3-4;2*1-2/h4-10H,1-3H3,(H,17,18);2-3H,1H3,(H,5,6);1-3H2;1-2H3;1H2. The Kier molecular flexibility index (Phi) is 16.2. The lowest BCUT2D eigenvalue weighted by Crippen LogP contribution is -2.12. The molecule has 6 nitrogen and oxygen atoms in total. The molecule has 0 unspecified atom stereocenters. The number of methoxy groups -OCH3 is 1. The van der Waals surface area contributed by atoms with Crippen molar-refractivity contribution in [3.63, 3.8) is 0 Å². The first kappa shape index (κ1) is 30.6. The van der Waals surface area contributed by atoms with Crippen molar-refractivity contribution >= 4 is 34.9 Å². The molecule has 1 fully saturated rings. The van der Waals surface area contributed by atoms with E-state index in [1.165, 1.54) is 24.0 Å². The van der Waals surface area contributed by atoms with Crippen LogP contribution in [0.2, 0.25) is 0 Å². The molecule has 0 spiro atoms. The number of amides is 1. The van der Waals surface area contributed by atoms with Gasteiger partial charge in [-0.05, 0) is 62.6 Å². The van der Waals surface area contributed by atoms with Crippen LogP contribution in [0.5, 0.6) is 5.75 Å². The fourth-order valence-corrected chi connectivity index (χ4v) is 2.79. The second kappa shape index (κ2) is 18.0. The van der Waals surface area contributed by atoms with Crippen LogP contribution < -0.4 is 15.4 Å². The normalized spacial score (nSPS) is 10.2. The van der Waals surface area contributed by atoms with Gasteiger partial charge in [-0.3, -0.25) is 4.79 Å². The molecule has 1 amide bonds. The van der Waals surface area contributed by atoms with Gasteiger partial charge in [-0.15, -0.1) is 11.3 Å². The highest BCUT2D eigenvalue weighted by Gasteiger charge is 2.08. The van der Waals surface area contributed by atoms with Gasteiger partial charge in [0.1, 0.15) is 12.5 Å². The summed E-state index contributed by atoms with van der Waals surface area (Å²) in [5.74, 6) is 0.668. The number of thiazole rings is 1. The minimum absolute atomic E-state index is 0.116. The topological polar surface area (TPSA) is 80.3 Å². The van der Waals surface area contributed by atoms with Crippen LogP contribution >= 0.6 is 11.3 Å². The highest BCUT2D eigenvalue weighted by Crippen LogP contribution is 2.23. The predicted molar refractivity (Wildman–Crippen MR) is 145 cm³/mol. The van der Waals surface area contributed by atoms with Crippen LogP contribution in [0, 0.1) is 13.8 Å². The molecular formula is C27H37N3O3S. The number of rotatable bonds is 4. The molecule has 2 aromatic carbocycles. The molecule has 2 N–H and O–H groups in total. The molecule has 0 saturated heterocycles. The summed E-state index contributed by atoms with van der Waals surface area (Å²) in [7, 11) is 3.48. The van der Waals surface area contributed by atoms with E-state index in [0.29, 0.717) is 5.56 Å². The number of ether oxygens (including phenoxy) is 1. The minimum Gasteiger partial charge on any atom is -0.496 e. The third kappa shape index (κ3) is 12.6. The van der Waals surface area contributed by atoms with Crippen molar-refractivity contribution in [2.75, 3.05) is 24.8 Å². The van der Waals surface area contributed by atoms with Gasteiger partial charge in [0.05, 0.1) is 7.11 Å². The Hall–Kier alpha value is -3.45. The Bertz CT molecular complexity index is 965. The SMILES string of the molecule is C=C1CC1.C=O.CC.CNc1nccs1.COc1ccc(C(=O)Nc2ccc(C)cc2)cc1C. The molecule has 1 saturated carbocycles. The number of allylic oxidation sites excluding steroid dienone is 1. The zero-order valence-corrected chi connectivity index (χ0v) is 21.9. The summed E-state index contributed by atoms with van der Waals surface area (Å²) in [4.78, 5) is 24.0. The van der Waals surface area contributed by atoms with E-state index in [-0.39, 0.29) is 5.91 Å². The molecular weight excluding hydrogens is 446 g/mol. The van der Waals surface area contributed by atoms with E-state index in [2.05, 4.69) is 22.2 Å². The lowest BCUT2D eigenvalue weighted by molar-refractivity contribution is -0.0980. The van der Waals surface area contributed by atoms with Gasteiger partial charge in [-0.25, -0.2) is 4.98 Å². The smallest absolute Gasteiger partial charge is 0.255 e. The molecule has 0 aliphatic heterocycles. The van der Waals surface area contributed by atoms with Crippen molar-refractivity contribution in [1.82, 2.24) is 4.98 Å². The van der Waals surface area contributed by atoms with E-state index in [1.54, 1.807) is 36.8 Å². The summed E-state index contributed by atoms with van der Waals surface area (Å²) in [5.41, 5.74) is 4.94. The summed E-state index contributed by atoms with van der Waals surface area (Å²) in [6.07, 6.45) is 4.36. The van der Waals surface area contributed by atoms with Crippen molar-refractivity contribution in [3.05, 3.63) is 82.9 Å². The van der Waals surface area contributed by atoms with Crippen LogP contribution in [-0.4, -0.2) is 31.8 Å². The number of carbonyl (C=O) groups excluding carboxylic acids is 2. The van der Waals surface area contributed by atoms with Crippen LogP contribution in [-0.2, 0) is 4.79 Å². The number of hydrogen-bond donors (Lipinski definition) is 2. The molecule has 1 heterocycles. The molecule has 0 atom stereocenters. The number of hydrogen-bond acceptors (Lipinski definition) is 6. The highest BCUT2D eigenvalue weighted by molar-refractivity contribution is 7.13. The van der Waals surface area contributed by atoms with Crippen LogP contribution in [0.1, 0.15) is 48.2 Å². The summed E-state index contributed by atoms with van der Waals surface area (Å²) < 4.78 is 5.18. The van der Waals surface area contributed by atoms with Gasteiger partial charge in [0.25, 0.3) is 5.91 Å². The predicted octanol–water partition coefficient (Wildman–Crippen LogP) is 6.93. The first-order valence-corrected chi connectivity index (χ1v) is 11.9. The van der Waals surface area contributed by atoms with Gasteiger partial charge >= 0.3 is 0 Å². The number of anilines is 2. The molecule has 0 radical (unpaired) electrons. The maximum Gasteiger partial charge on any atom is 0.255 e. The van der Waals surface area contributed by atoms with E-state index < -0.39 is 0 Å². The second-order valence-electron chi connectivity index (χ2n) is 6.84. The van der Waals surface area contributed by atoms with E-state index in [4.69, 9.17) is 9.53 Å². The number of nitrogens with one attached hydrogen (secondary N) is 2. The molecule has 4 rings (SSSR count). The van der Waals surface area contributed by atoms with Gasteiger partial charge in [-0.2, -0.15) is 0 Å². The van der Waals surface area contributed by atoms with E-state index in [9.17, 15) is 4.79 Å². The Morgan fingerprint density at radius 1 is 1.06 bits per heavy atom. The zero-order valence-electron chi connectivity index (χ0n) is 21.1. The lowest BCUT2D eigenvalue weighted by atomic mass is 10.1. The van der Waals surface area contributed by atoms with Crippen molar-refractivity contribution in [2.45, 2.75) is 40.5 Å². The summed E-state index contributed by atoms with van der Waals surface area (Å²) >= 11 is 1.60. The number of aromatic nitrogens is 1. The van der Waals surface area contributed by atoms with Crippen LogP contribution in [0.15, 0.2) is 66.2 Å². The maximum atomic E-state index is 12.1. The van der Waals surface area contributed by atoms with Gasteiger partial charge in [0.15, 0.2) is 5.13 Å². The largest absolute Gasteiger partial charge is 0.496 e. The lowest BCUT2D eigenvalue weighted by Gasteiger charge is -2.08. The average Bonchev–Trinajstić information content (AvgIpc) is 3.47. The molecule has 184 valence electrons. The molecule has 34 heavy (non-hydrogen) atoms. The summed E-state index contributed by atoms with van der Waals surface area (Å²) in [6, 6.07) is 13.1. The number of nitrogens with zero attached hydrogens (tertiary/aromatic N) is 1. The summed E-state index contributed by atoms with van der Waals surface area (Å²) in [6.45, 7) is 13.6. The van der Waals surface area contributed by atoms with E-state index >= 15 is 0 Å². The monoisotopic (exact) mass is 483 g/mol. The van der Waals surface area contributed by atoms with Crippen molar-refractivity contribution in [3.8, 4) is 5.75 Å². The third-order valence-electron chi connectivity index (χ3n) is 4.22. The van der Waals surface area contributed by atoms with Crippen molar-refractivity contribution < 1.29 is 14.3 Å². The van der Waals surface area contributed by atoms with Crippen molar-refractivity contribution in [1.29, 1.82) is 0 Å². The molecule has 0 bridgehead atoms. The fourth-order valence-electron chi connectivity index (χ4n) is 2.30. The maximum absolute atomic E-state index is 12.1. The molecule has 1 aromatic heterocycles. The number of benzene rings is 2. The van der Waals surface area contributed by atoms with Gasteiger partial charge in [0, 0.05) is 29.9 Å². The minimum atomic E-state index is -0.116. The van der Waals surface area contributed by atoms with Crippen LogP contribution in [0.4, 0.5) is 10.8 Å². The average molecular weight is 484 g/mol. The van der Waals surface area contributed by atoms with Crippen LogP contribution in [0.25, 0.3) is 0 Å². The Morgan fingerprint density at radius 3 is 2.03 bits per heavy atom. The Morgan fingerprint density at radius 2 is 1.65 bits per heavy atom. The fraction of sp³-hybridized carbons (Fsp3) is 0.296. The van der Waals surface area contributed by atoms with Gasteiger partial charge < -0.3 is 20.2 Å². The van der Waals surface area contributed by atoms with E-state index in [0.717, 1.165) is 22.1 Å². The first-order valence-electron chi connectivity index (χ1n) is 11.0. The van der Waals surface area contributed by atoms with Gasteiger partial charge in [0.2, 0.25) is 0 Å². The van der Waals surface area contributed by atoms with Crippen molar-refractivity contribution in [2.24, 2.45) is 0 Å². The third-order valence-corrected chi connectivity index (χ3v) is 5.01. The second-order valence-corrected chi connectivity index (χ2v) is 7.74. The number of aryl methyl sites for hydroxylation is 2. The zero-order chi connectivity index (χ0) is 25.9. The summed E-state index contributed by atoms with van der Waals surface area (Å²) in [5, 5.41) is 8.69.